The largest absolute Gasteiger partial charge is 0.296 e. The fraction of sp³-hybridized carbons (Fsp3) is 0.0444. The Balaban J connectivity index is 1.43. The molecule has 0 N–H and O–H groups in total. The molecular formula is C45H32N2. The van der Waals surface area contributed by atoms with E-state index in [1.807, 2.05) is 0 Å². The van der Waals surface area contributed by atoms with Gasteiger partial charge in [0.05, 0.1) is 34.5 Å². The fourth-order valence-corrected chi connectivity index (χ4v) is 6.43. The molecule has 0 aliphatic carbocycles. The van der Waals surface area contributed by atoms with Gasteiger partial charge in [-0.2, -0.15) is 0 Å². The number of hydrogen-bond donors (Lipinski definition) is 0. The summed E-state index contributed by atoms with van der Waals surface area (Å²) >= 11 is 0. The molecule has 222 valence electrons. The van der Waals surface area contributed by atoms with Crippen molar-refractivity contribution in [2.45, 2.75) is 13.2 Å². The monoisotopic (exact) mass is 618 g/mol. The Morgan fingerprint density at radius 3 is 1.85 bits per heavy atom. The van der Waals surface area contributed by atoms with Gasteiger partial charge < -0.3 is 0 Å². The average Bonchev–Trinajstić information content (AvgIpc) is 3.69. The van der Waals surface area contributed by atoms with Gasteiger partial charge in [0, 0.05) is 18.6 Å². The third kappa shape index (κ3) is 4.37. The zero-order chi connectivity index (χ0) is 46.9. The first kappa shape index (κ1) is 14.6. The Labute approximate surface area is 299 Å². The van der Waals surface area contributed by atoms with E-state index >= 15 is 0 Å². The molecule has 0 bridgehead atoms. The minimum absolute atomic E-state index is 0.0349. The molecule has 9 aromatic rings. The van der Waals surface area contributed by atoms with Crippen molar-refractivity contribution in [3.8, 4) is 39.1 Å². The van der Waals surface area contributed by atoms with Crippen LogP contribution in [0, 0.1) is 0 Å². The van der Waals surface area contributed by atoms with Crippen molar-refractivity contribution >= 4 is 43.4 Å². The maximum atomic E-state index is 9.45. The summed E-state index contributed by atoms with van der Waals surface area (Å²) < 4.78 is 158. The predicted octanol–water partition coefficient (Wildman–Crippen LogP) is 12.0. The van der Waals surface area contributed by atoms with Gasteiger partial charge in [-0.1, -0.05) is 152 Å². The number of aromatic nitrogens is 2. The summed E-state index contributed by atoms with van der Waals surface area (Å²) in [7, 11) is 0. The molecule has 9 rings (SSSR count). The maximum absolute atomic E-state index is 9.45. The first-order valence-corrected chi connectivity index (χ1v) is 14.8. The summed E-state index contributed by atoms with van der Waals surface area (Å²) in [5.74, 6) is -0.391. The lowest BCUT2D eigenvalue weighted by molar-refractivity contribution is 0.913. The summed E-state index contributed by atoms with van der Waals surface area (Å²) in [5.41, 5.74) is 1.78. The Morgan fingerprint density at radius 2 is 1.15 bits per heavy atom. The van der Waals surface area contributed by atoms with Gasteiger partial charge in [0.25, 0.3) is 0 Å². The summed E-state index contributed by atoms with van der Waals surface area (Å²) in [6, 6.07) is 15.6. The molecule has 0 unspecified atom stereocenters. The summed E-state index contributed by atoms with van der Waals surface area (Å²) in [6.07, 6.45) is -2.94. The van der Waals surface area contributed by atoms with Crippen LogP contribution in [-0.2, 0) is 6.37 Å². The molecule has 8 aromatic carbocycles. The van der Waals surface area contributed by atoms with E-state index in [2.05, 4.69) is 4.98 Å². The van der Waals surface area contributed by atoms with Crippen molar-refractivity contribution in [3.63, 3.8) is 0 Å². The molecule has 0 aliphatic heterocycles. The Morgan fingerprint density at radius 1 is 0.553 bits per heavy atom. The molecule has 0 spiro atoms. The van der Waals surface area contributed by atoms with Gasteiger partial charge >= 0.3 is 0 Å². The number of aryl methyl sites for hydroxylation is 1. The summed E-state index contributed by atoms with van der Waals surface area (Å²) in [5, 5.41) is 0.502. The van der Waals surface area contributed by atoms with Gasteiger partial charge in [-0.15, -0.1) is 0 Å². The zero-order valence-electron chi connectivity index (χ0n) is 42.5. The highest BCUT2D eigenvalue weighted by Crippen LogP contribution is 2.46. The van der Waals surface area contributed by atoms with Crippen LogP contribution in [0.15, 0.2) is 163 Å². The first-order chi connectivity index (χ1) is 30.6. The second-order valence-electron chi connectivity index (χ2n) is 10.9. The first-order valence-electron chi connectivity index (χ1n) is 23.8. The van der Waals surface area contributed by atoms with Crippen LogP contribution in [0.5, 0.6) is 0 Å². The van der Waals surface area contributed by atoms with Crippen LogP contribution < -0.4 is 0 Å². The van der Waals surface area contributed by atoms with Crippen LogP contribution >= 0.6 is 0 Å². The lowest BCUT2D eigenvalue weighted by Crippen LogP contribution is -2.01. The molecule has 1 heterocycles. The number of imidazole rings is 1. The molecule has 0 radical (unpaired) electrons. The molecule has 0 aliphatic rings. The number of nitrogens with zero attached hydrogens (tertiary/aromatic N) is 2. The highest BCUT2D eigenvalue weighted by molar-refractivity contribution is 6.23. The van der Waals surface area contributed by atoms with Crippen molar-refractivity contribution in [3.05, 3.63) is 169 Å². The van der Waals surface area contributed by atoms with Crippen LogP contribution in [0.1, 0.15) is 37.3 Å². The van der Waals surface area contributed by atoms with Gasteiger partial charge in [-0.25, -0.2) is 4.98 Å². The minimum Gasteiger partial charge on any atom is -0.296 e. The molecule has 2 nitrogen and oxygen atoms in total. The van der Waals surface area contributed by atoms with Crippen LogP contribution in [0.3, 0.4) is 0 Å². The van der Waals surface area contributed by atoms with E-state index in [1.54, 1.807) is 60.7 Å². The van der Waals surface area contributed by atoms with E-state index in [4.69, 9.17) is 19.2 Å². The van der Waals surface area contributed by atoms with Crippen LogP contribution in [0.4, 0.5) is 0 Å². The zero-order valence-corrected chi connectivity index (χ0v) is 24.5. The molecule has 0 saturated heterocycles. The highest BCUT2D eigenvalue weighted by Gasteiger charge is 2.20. The molecule has 0 fully saturated rings. The lowest BCUT2D eigenvalue weighted by atomic mass is 9.84. The Bertz CT molecular complexity index is 3430. The molecule has 47 heavy (non-hydrogen) atoms. The normalized spacial score (nSPS) is 17.6. The third-order valence-corrected chi connectivity index (χ3v) is 8.42. The topological polar surface area (TPSA) is 17.8 Å². The van der Waals surface area contributed by atoms with E-state index in [0.29, 0.717) is 27.5 Å². The second-order valence-corrected chi connectivity index (χ2v) is 10.9. The van der Waals surface area contributed by atoms with E-state index in [-0.39, 0.29) is 54.9 Å². The minimum atomic E-state index is -3.13. The van der Waals surface area contributed by atoms with Gasteiger partial charge in [0.1, 0.15) is 5.82 Å². The van der Waals surface area contributed by atoms with Crippen LogP contribution in [-0.4, -0.2) is 9.55 Å². The Hall–Kier alpha value is -5.99. The number of fused-ring (bicyclic) bond motifs is 4. The number of benzene rings is 8. The van der Waals surface area contributed by atoms with Crippen molar-refractivity contribution in [1.82, 2.24) is 9.55 Å². The number of para-hydroxylation sites is 2. The molecular weight excluding hydrogens is 569 g/mol. The summed E-state index contributed by atoms with van der Waals surface area (Å²) in [6.45, 7) is -3.13. The maximum Gasteiger partial charge on any atom is 0.114 e. The van der Waals surface area contributed by atoms with Gasteiger partial charge in [0.15, 0.2) is 0 Å². The molecule has 0 atom stereocenters. The summed E-state index contributed by atoms with van der Waals surface area (Å²) in [4.78, 5) is 4.47. The lowest BCUT2D eigenvalue weighted by Gasteiger charge is -2.20. The molecule has 0 saturated carbocycles. The number of hydrogen-bond acceptors (Lipinski definition) is 1. The van der Waals surface area contributed by atoms with Crippen LogP contribution in [0.25, 0.3) is 82.4 Å². The second kappa shape index (κ2) is 11.1. The van der Waals surface area contributed by atoms with E-state index in [0.717, 1.165) is 0 Å². The quantitative estimate of drug-likeness (QED) is 0.175. The van der Waals surface area contributed by atoms with Crippen molar-refractivity contribution in [2.75, 3.05) is 0 Å². The number of rotatable bonds is 5. The SMILES string of the molecule is [2H]c1c([2H])c([2H])c(-c2ccc(-c3c4c([2H])c([2H])c([2H])c([2H])c4c(-c4ccc(-n5c(C([2H])([2H])C([2H])([2H])[2H])nc6ccccc65)c5ccccc45)c4c([2H])c([2H])c([2H])c([2H])c34)cc2)c([2H])c1[2H]. The van der Waals surface area contributed by atoms with Gasteiger partial charge in [-0.3, -0.25) is 4.57 Å². The van der Waals surface area contributed by atoms with Crippen molar-refractivity contribution in [1.29, 1.82) is 0 Å². The standard InChI is InChI=1S/C45H32N2/c1-2-43-46-40-22-12-13-23-42(40)47(43)41-29-28-39(33-16-6-7-17-34(33)41)45-37-20-10-8-18-35(37)44(36-19-9-11-21-38(36)45)32-26-24-31(25-27-32)30-14-4-3-5-15-30/h3-29H,2H2,1H3/i1D3,2D2,3D,4D,5D,8D,9D,10D,11D,14D,15D,18D,19D,20D,21D. The van der Waals surface area contributed by atoms with E-state index < -0.39 is 97.6 Å². The smallest absolute Gasteiger partial charge is 0.114 e. The van der Waals surface area contributed by atoms with E-state index in [1.165, 1.54) is 28.8 Å². The third-order valence-electron chi connectivity index (χ3n) is 8.42. The van der Waals surface area contributed by atoms with E-state index in [9.17, 15) is 5.48 Å². The van der Waals surface area contributed by atoms with Crippen LogP contribution in [0.2, 0.25) is 0 Å². The van der Waals surface area contributed by atoms with Crippen molar-refractivity contribution < 1.29 is 24.7 Å². The van der Waals surface area contributed by atoms with Crippen molar-refractivity contribution in [2.24, 2.45) is 0 Å². The van der Waals surface area contributed by atoms with Gasteiger partial charge in [-0.05, 0) is 78.5 Å². The molecule has 2 heteroatoms. The molecule has 1 aromatic heterocycles. The fourth-order valence-electron chi connectivity index (χ4n) is 6.43. The Kier molecular flexibility index (Phi) is 3.46. The average molecular weight is 619 g/mol. The predicted molar refractivity (Wildman–Crippen MR) is 199 cm³/mol. The highest BCUT2D eigenvalue weighted by atomic mass is 15.1. The molecule has 0 amide bonds. The van der Waals surface area contributed by atoms with Gasteiger partial charge in [0.2, 0.25) is 0 Å².